The SMILES string of the molecule is CO[C@H]1C[C@@H]2CC[C@@H](C)[C@@](O)(O2)C(=O)C(=O)N2CCCC[C@H]2C(=O)O[C@H]([C@H](C)C[C@@H]2CC[C@@H](O)[C@H](OC)C2)C[C@@H](O)[C@H](C)/C=C(\C)[C@@H](O)[C@@H](OC)C(=NOCC(=O)CCCOCCOCCOCCOCCOCCOCCCCC(=O)N2CCC(n3nc(-c4ccc5oc(N)nc5c4)c4c(N)ncnc43)CC2)[C@H](C)C[C@H](C)/C=C/C=C/C=C/1C. The summed E-state index contributed by atoms with van der Waals surface area (Å²) in [5.74, 6) is -7.04. The van der Waals surface area contributed by atoms with E-state index in [0.29, 0.717) is 208 Å². The number of nitrogen functional groups attached to an aromatic ring is 2. The number of amides is 2. The molecule has 8 N–H and O–H groups in total. The van der Waals surface area contributed by atoms with Crippen molar-refractivity contribution in [1.29, 1.82) is 0 Å². The number of nitrogens with zero attached hydrogens (tertiary/aromatic N) is 8. The van der Waals surface area contributed by atoms with Gasteiger partial charge in [-0.25, -0.2) is 19.4 Å². The van der Waals surface area contributed by atoms with Gasteiger partial charge in [-0.05, 0) is 157 Å². The number of ether oxygens (including phenoxy) is 11. The predicted molar refractivity (Wildman–Crippen MR) is 450 cm³/mol. The highest BCUT2D eigenvalue weighted by atomic mass is 16.6. The number of benzene rings is 1. The highest BCUT2D eigenvalue weighted by molar-refractivity contribution is 6.39. The Kier molecular flexibility index (Phi) is 39.4. The molecule has 4 fully saturated rings. The van der Waals surface area contributed by atoms with E-state index in [1.54, 1.807) is 47.1 Å². The third-order valence-electron chi connectivity index (χ3n) is 24.0. The van der Waals surface area contributed by atoms with E-state index in [1.165, 1.54) is 18.3 Å². The lowest BCUT2D eigenvalue weighted by Crippen LogP contribution is -2.61. The maximum atomic E-state index is 14.7. The fourth-order valence-electron chi connectivity index (χ4n) is 16.8. The van der Waals surface area contributed by atoms with Crippen LogP contribution in [0.1, 0.15) is 177 Å². The van der Waals surface area contributed by atoms with Crippen LogP contribution in [0.2, 0.25) is 0 Å². The first-order chi connectivity index (χ1) is 57.8. The van der Waals surface area contributed by atoms with Crippen LogP contribution in [0.5, 0.6) is 0 Å². The number of oxime groups is 1. The maximum Gasteiger partial charge on any atom is 0.329 e. The standard InChI is InChI=1S/C88H134N10O22/c1-56-19-12-11-13-20-57(2)73(108-8)52-67-27-24-62(7)88(107,120-67)82(104)85(105)97-32-16-14-22-69(97)86(106)118-74(59(4)49-63-25-28-70(100)75(50-63)109-9)53-71(101)58(3)48-61(6)80(103)81(110-10)78(60(5)47-56)95-117-54-66(99)21-18-36-112-38-40-114-42-44-116-46-45-115-43-41-113-39-37-111-35-17-15-23-76(102)96-33-30-65(31-34-96)98-84-77(83(89)91-55-92-84)79(94-98)64-26-29-72-68(51-64)93-87(90)119-72/h11-13,19-20,26,29,48,51,55-56,58-60,62-63,65,67,69-71,73-75,80-81,100-101,103,107H,14-18,21-25,27-28,30-47,49-50,52-54H2,1-10H3,(H2,90,93)(H2,89,91,92)/b13-11+,19-12+,57-20+,61-48+,95-78?/t56-,58-,59-,60-,62-,63+,67+,69+,70-,71-,73+,74+,75-,80-,81+,88-/m1/s1. The van der Waals surface area contributed by atoms with Crippen molar-refractivity contribution in [3.63, 3.8) is 0 Å². The van der Waals surface area contributed by atoms with Crippen LogP contribution in [0, 0.1) is 35.5 Å². The van der Waals surface area contributed by atoms with Crippen LogP contribution >= 0.6 is 0 Å². The number of anilines is 2. The molecule has 9 rings (SSSR count). The molecule has 3 aromatic heterocycles. The first-order valence-electron chi connectivity index (χ1n) is 43.2. The van der Waals surface area contributed by atoms with Gasteiger partial charge in [0.2, 0.25) is 11.7 Å². The van der Waals surface area contributed by atoms with E-state index in [1.807, 2.05) is 72.9 Å². The Balaban J connectivity index is 0.665. The quantitative estimate of drug-likeness (QED) is 0.00820. The van der Waals surface area contributed by atoms with E-state index < -0.39 is 84.1 Å². The summed E-state index contributed by atoms with van der Waals surface area (Å²) in [6, 6.07) is 4.50. The van der Waals surface area contributed by atoms with Crippen molar-refractivity contribution < 1.29 is 106 Å². The third-order valence-corrected chi connectivity index (χ3v) is 24.0. The number of allylic oxidation sites excluding steroid dienone is 5. The van der Waals surface area contributed by atoms with Crippen LogP contribution < -0.4 is 11.5 Å². The fourth-order valence-corrected chi connectivity index (χ4v) is 16.8. The van der Waals surface area contributed by atoms with Crippen molar-refractivity contribution >= 4 is 69.0 Å². The first kappa shape index (κ1) is 96.3. The number of aromatic nitrogens is 5. The molecule has 0 unspecified atom stereocenters. The number of esters is 1. The number of unbranched alkanes of at least 4 members (excludes halogenated alkanes) is 1. The minimum Gasteiger partial charge on any atom is -0.460 e. The van der Waals surface area contributed by atoms with Crippen LogP contribution in [-0.2, 0) is 80.9 Å². The number of rotatable bonds is 35. The molecule has 16 atom stereocenters. The second-order valence-corrected chi connectivity index (χ2v) is 33.1. The summed E-state index contributed by atoms with van der Waals surface area (Å²) in [4.78, 5) is 92.1. The minimum absolute atomic E-state index is 0.0204. The Hall–Kier alpha value is -7.54. The van der Waals surface area contributed by atoms with Gasteiger partial charge in [0.15, 0.2) is 23.6 Å². The Bertz CT molecular complexity index is 4030. The van der Waals surface area contributed by atoms with Crippen molar-refractivity contribution in [3.8, 4) is 11.3 Å². The number of fused-ring (bicyclic) bond motifs is 5. The molecule has 32 heteroatoms. The van der Waals surface area contributed by atoms with Gasteiger partial charge >= 0.3 is 5.97 Å². The molecule has 7 heterocycles. The lowest BCUT2D eigenvalue weighted by molar-refractivity contribution is -0.265. The number of hydrogen-bond acceptors (Lipinski definition) is 29. The largest absolute Gasteiger partial charge is 0.460 e. The number of hydrogen-bond donors (Lipinski definition) is 6. The van der Waals surface area contributed by atoms with Gasteiger partial charge in [0.05, 0.1) is 114 Å². The van der Waals surface area contributed by atoms with Crippen molar-refractivity contribution in [2.24, 2.45) is 40.7 Å². The van der Waals surface area contributed by atoms with Crippen molar-refractivity contribution in [2.45, 2.75) is 237 Å². The molecule has 1 saturated carbocycles. The number of carbonyl (C=O) groups excluding carboxylic acids is 5. The lowest BCUT2D eigenvalue weighted by atomic mass is 9.78. The Morgan fingerprint density at radius 2 is 1.40 bits per heavy atom. The Labute approximate surface area is 705 Å². The average molecular weight is 1680 g/mol. The van der Waals surface area contributed by atoms with Gasteiger partial charge in [-0.2, -0.15) is 10.1 Å². The number of aliphatic hydroxyl groups excluding tert-OH is 3. The highest BCUT2D eigenvalue weighted by Gasteiger charge is 2.53. The van der Waals surface area contributed by atoms with Crippen molar-refractivity contribution in [1.82, 2.24) is 34.5 Å². The molecule has 0 radical (unpaired) electrons. The van der Waals surface area contributed by atoms with Crippen LogP contribution in [0.4, 0.5) is 11.8 Å². The van der Waals surface area contributed by atoms with Crippen LogP contribution in [0.15, 0.2) is 81.7 Å². The molecule has 5 aliphatic rings. The summed E-state index contributed by atoms with van der Waals surface area (Å²) in [5.41, 5.74) is 17.1. The molecule has 3 saturated heterocycles. The van der Waals surface area contributed by atoms with Crippen molar-refractivity contribution in [2.75, 3.05) is 138 Å². The molecule has 1 aliphatic carbocycles. The normalized spacial score (nSPS) is 29.2. The van der Waals surface area contributed by atoms with Gasteiger partial charge in [-0.3, -0.25) is 19.2 Å². The molecule has 32 nitrogen and oxygen atoms in total. The second-order valence-electron chi connectivity index (χ2n) is 33.1. The number of Topliss-reactive ketones (excluding diaryl/α,β-unsaturated/α-hetero) is 2. The summed E-state index contributed by atoms with van der Waals surface area (Å²) in [6.07, 6.45) is 15.9. The van der Waals surface area contributed by atoms with Gasteiger partial charge in [0.25, 0.3) is 17.7 Å². The van der Waals surface area contributed by atoms with E-state index >= 15 is 0 Å². The summed E-state index contributed by atoms with van der Waals surface area (Å²) >= 11 is 0. The molecule has 0 spiro atoms. The van der Waals surface area contributed by atoms with E-state index in [-0.39, 0.29) is 92.4 Å². The molecular weight excluding hydrogens is 1550 g/mol. The lowest BCUT2D eigenvalue weighted by Gasteiger charge is -2.43. The first-order valence-corrected chi connectivity index (χ1v) is 43.2. The van der Waals surface area contributed by atoms with Crippen LogP contribution in [-0.4, -0.2) is 278 Å². The van der Waals surface area contributed by atoms with Gasteiger partial charge in [-0.1, -0.05) is 76.2 Å². The van der Waals surface area contributed by atoms with E-state index in [4.69, 9.17) is 77.9 Å². The summed E-state index contributed by atoms with van der Waals surface area (Å²) < 4.78 is 71.8. The highest BCUT2D eigenvalue weighted by Crippen LogP contribution is 2.40. The van der Waals surface area contributed by atoms with E-state index in [9.17, 15) is 44.4 Å². The van der Waals surface area contributed by atoms with E-state index in [0.717, 1.165) is 36.8 Å². The summed E-state index contributed by atoms with van der Waals surface area (Å²) in [6.45, 7) is 18.8. The molecule has 2 amide bonds. The maximum absolute atomic E-state index is 14.7. The fraction of sp³-hybridized carbons (Fsp3) is 0.705. The van der Waals surface area contributed by atoms with Crippen LogP contribution in [0.3, 0.4) is 0 Å². The number of aliphatic hydroxyl groups is 4. The summed E-state index contributed by atoms with van der Waals surface area (Å²) in [7, 11) is 4.62. The number of oxazole rings is 1. The summed E-state index contributed by atoms with van der Waals surface area (Å²) in [5, 5.41) is 57.4. The molecule has 1 aromatic carbocycles. The smallest absolute Gasteiger partial charge is 0.329 e. The molecule has 4 aromatic rings. The number of cyclic esters (lactones) is 1. The molecular formula is C88H134N10O22. The zero-order chi connectivity index (χ0) is 86.3. The zero-order valence-corrected chi connectivity index (χ0v) is 72.1. The molecule has 668 valence electrons. The number of carbonyl (C=O) groups is 5. The Morgan fingerprint density at radius 3 is 2.08 bits per heavy atom. The number of methoxy groups -OCH3 is 3. The van der Waals surface area contributed by atoms with Gasteiger partial charge in [-0.15, -0.1) is 0 Å². The van der Waals surface area contributed by atoms with Crippen molar-refractivity contribution in [3.05, 3.63) is 72.1 Å². The van der Waals surface area contributed by atoms with Gasteiger partial charge in [0, 0.05) is 103 Å². The van der Waals surface area contributed by atoms with Gasteiger partial charge < -0.3 is 103 Å². The Morgan fingerprint density at radius 1 is 0.717 bits per heavy atom. The monoisotopic (exact) mass is 1680 g/mol. The minimum atomic E-state index is -2.46. The topological polar surface area (TPSA) is 418 Å². The second kappa shape index (κ2) is 49.1. The third kappa shape index (κ3) is 28.0. The van der Waals surface area contributed by atoms with Crippen LogP contribution in [0.25, 0.3) is 33.4 Å². The predicted octanol–water partition coefficient (Wildman–Crippen LogP) is 9.37. The molecule has 2 bridgehead atoms. The average Bonchev–Trinajstić information content (AvgIpc) is 1.53. The number of ketones is 2. The number of nitrogens with two attached hydrogens (primary N) is 2. The van der Waals surface area contributed by atoms with Gasteiger partial charge in [0.1, 0.15) is 47.7 Å². The number of likely N-dealkylation sites (tertiary alicyclic amines) is 1. The molecule has 4 aliphatic heterocycles. The number of piperidine rings is 2. The molecule has 120 heavy (non-hydrogen) atoms. The van der Waals surface area contributed by atoms with E-state index in [2.05, 4.69) is 27.0 Å². The zero-order valence-electron chi connectivity index (χ0n) is 72.1.